The van der Waals surface area contributed by atoms with E-state index in [0.717, 1.165) is 44.1 Å². The van der Waals surface area contributed by atoms with Crippen LogP contribution in [0.1, 0.15) is 26.7 Å². The first kappa shape index (κ1) is 21.2. The Labute approximate surface area is 177 Å². The number of urea groups is 1. The average Bonchev–Trinajstić information content (AvgIpc) is 2.73. The van der Waals surface area contributed by atoms with E-state index in [9.17, 15) is 13.6 Å². The summed E-state index contributed by atoms with van der Waals surface area (Å²) in [5.74, 6) is -0.201. The minimum atomic E-state index is -0.767. The molecule has 1 aliphatic heterocycles. The molecule has 2 fully saturated rings. The Hall–Kier alpha value is -1.99. The number of carbonyl (C=O) groups is 1. The molecule has 2 atom stereocenters. The number of benzene rings is 1. The van der Waals surface area contributed by atoms with E-state index < -0.39 is 11.6 Å². The number of hydrogen-bond acceptors (Lipinski definition) is 3. The van der Waals surface area contributed by atoms with Gasteiger partial charge in [-0.15, -0.1) is 0 Å². The van der Waals surface area contributed by atoms with E-state index in [1.54, 1.807) is 4.90 Å². The lowest BCUT2D eigenvalue weighted by Crippen LogP contribution is -2.51. The molecule has 3 aliphatic carbocycles. The van der Waals surface area contributed by atoms with Gasteiger partial charge in [0.2, 0.25) is 0 Å². The summed E-state index contributed by atoms with van der Waals surface area (Å²) in [6.07, 6.45) is 4.53. The Bertz CT molecular complexity index is 821. The van der Waals surface area contributed by atoms with E-state index in [1.807, 2.05) is 0 Å². The van der Waals surface area contributed by atoms with Crippen LogP contribution in [-0.4, -0.2) is 61.8 Å². The van der Waals surface area contributed by atoms with Gasteiger partial charge in [-0.1, -0.05) is 25.5 Å². The fraction of sp³-hybridized carbons (Fsp3) is 0.609. The van der Waals surface area contributed by atoms with Crippen molar-refractivity contribution in [1.29, 1.82) is 0 Å². The summed E-state index contributed by atoms with van der Waals surface area (Å²) >= 11 is 0. The summed E-state index contributed by atoms with van der Waals surface area (Å²) in [5.41, 5.74) is 1.58. The maximum Gasteiger partial charge on any atom is 0.322 e. The van der Waals surface area contributed by atoms with Crippen LogP contribution in [0.3, 0.4) is 0 Å². The number of rotatable bonds is 6. The number of hydrogen-bond donors (Lipinski definition) is 1. The van der Waals surface area contributed by atoms with Gasteiger partial charge in [-0.25, -0.2) is 13.6 Å². The fourth-order valence-corrected chi connectivity index (χ4v) is 5.00. The maximum absolute atomic E-state index is 14.1. The zero-order valence-corrected chi connectivity index (χ0v) is 17.8. The van der Waals surface area contributed by atoms with Gasteiger partial charge in [0.05, 0.1) is 18.9 Å². The van der Waals surface area contributed by atoms with Crippen molar-refractivity contribution in [1.82, 2.24) is 9.80 Å². The Morgan fingerprint density at radius 3 is 2.73 bits per heavy atom. The highest BCUT2D eigenvalue weighted by molar-refractivity contribution is 5.89. The predicted octanol–water partition coefficient (Wildman–Crippen LogP) is 4.12. The lowest BCUT2D eigenvalue weighted by molar-refractivity contribution is -0.00999. The van der Waals surface area contributed by atoms with Gasteiger partial charge < -0.3 is 15.0 Å². The Morgan fingerprint density at radius 2 is 2.07 bits per heavy atom. The highest BCUT2D eigenvalue weighted by Gasteiger charge is 2.51. The van der Waals surface area contributed by atoms with E-state index in [4.69, 9.17) is 4.74 Å². The number of nitrogens with one attached hydrogen (secondary N) is 1. The molecule has 1 saturated carbocycles. The average molecular weight is 420 g/mol. The molecular weight excluding hydrogens is 388 g/mol. The molecule has 0 aromatic heterocycles. The van der Waals surface area contributed by atoms with Crippen LogP contribution in [0.25, 0.3) is 0 Å². The summed E-state index contributed by atoms with van der Waals surface area (Å²) in [7, 11) is 0. The van der Waals surface area contributed by atoms with Gasteiger partial charge in [0.15, 0.2) is 0 Å². The topological polar surface area (TPSA) is 44.8 Å². The van der Waals surface area contributed by atoms with Crippen molar-refractivity contribution in [2.75, 3.05) is 51.3 Å². The minimum absolute atomic E-state index is 0.000524. The molecule has 5 nitrogen and oxygen atoms in total. The molecule has 30 heavy (non-hydrogen) atoms. The van der Waals surface area contributed by atoms with E-state index in [2.05, 4.69) is 30.1 Å². The van der Waals surface area contributed by atoms with Crippen molar-refractivity contribution in [3.63, 3.8) is 0 Å². The van der Waals surface area contributed by atoms with Gasteiger partial charge in [0.1, 0.15) is 11.6 Å². The fourth-order valence-electron chi connectivity index (χ4n) is 5.00. The molecule has 0 radical (unpaired) electrons. The number of halogens is 2. The number of allylic oxidation sites excluding steroid dienone is 1. The summed E-state index contributed by atoms with van der Waals surface area (Å²) in [6.45, 7) is 9.56. The van der Waals surface area contributed by atoms with E-state index in [-0.39, 0.29) is 17.1 Å². The summed E-state index contributed by atoms with van der Waals surface area (Å²) in [5, 5.41) is 2.64. The van der Waals surface area contributed by atoms with Gasteiger partial charge >= 0.3 is 6.03 Å². The van der Waals surface area contributed by atoms with E-state index in [1.165, 1.54) is 18.1 Å². The molecular formula is C23H31F2N3O2. The second-order valence-corrected chi connectivity index (χ2v) is 9.25. The molecule has 2 amide bonds. The molecule has 1 aromatic rings. The van der Waals surface area contributed by atoms with E-state index >= 15 is 0 Å². The van der Waals surface area contributed by atoms with Gasteiger partial charge in [-0.2, -0.15) is 0 Å². The first-order chi connectivity index (χ1) is 14.3. The number of morpholine rings is 1. The molecule has 2 unspecified atom stereocenters. The Kier molecular flexibility index (Phi) is 6.11. The maximum atomic E-state index is 14.1. The van der Waals surface area contributed by atoms with Gasteiger partial charge in [-0.05, 0) is 42.2 Å². The zero-order valence-electron chi connectivity index (χ0n) is 17.8. The number of nitrogens with zero attached hydrogens (tertiary/aromatic N) is 2. The standard InChI is InChI=1S/C23H31F2N3O2/c1-23(2)17-4-3-16(19(23)13-17)15-28(8-7-27-9-11-30-12-10-27)22(29)26-21-6-5-18(24)14-20(21)25/h3,5-6,14,17,19H,4,7-13,15H2,1-2H3,(H,26,29). The van der Waals surface area contributed by atoms with Crippen LogP contribution in [-0.2, 0) is 4.74 Å². The first-order valence-electron chi connectivity index (χ1n) is 10.8. The molecule has 4 aliphatic rings. The second-order valence-electron chi connectivity index (χ2n) is 9.25. The van der Waals surface area contributed by atoms with Crippen molar-refractivity contribution in [3.8, 4) is 0 Å². The lowest BCUT2D eigenvalue weighted by Gasteiger charge is -2.57. The van der Waals surface area contributed by atoms with Crippen LogP contribution in [0.5, 0.6) is 0 Å². The SMILES string of the molecule is CC1(C)C2CC=C(CN(CCN3CCOCC3)C(=O)Nc3ccc(F)cc3F)C1C2. The van der Waals surface area contributed by atoms with Gasteiger partial charge in [-0.3, -0.25) is 4.90 Å². The molecule has 1 aromatic carbocycles. The number of amides is 2. The lowest BCUT2D eigenvalue weighted by atomic mass is 9.49. The van der Waals surface area contributed by atoms with Crippen LogP contribution in [0, 0.1) is 28.9 Å². The molecule has 1 N–H and O–H groups in total. The number of anilines is 1. The normalized spacial score (nSPS) is 25.3. The highest BCUT2D eigenvalue weighted by Crippen LogP contribution is 2.59. The van der Waals surface area contributed by atoms with Crippen molar-refractivity contribution in [2.24, 2.45) is 17.3 Å². The van der Waals surface area contributed by atoms with Crippen molar-refractivity contribution in [2.45, 2.75) is 26.7 Å². The van der Waals surface area contributed by atoms with Crippen molar-refractivity contribution < 1.29 is 18.3 Å². The summed E-state index contributed by atoms with van der Waals surface area (Å²) in [6, 6.07) is 2.85. The number of ether oxygens (including phenoxy) is 1. The van der Waals surface area contributed by atoms with Crippen LogP contribution in [0.2, 0.25) is 0 Å². The molecule has 5 rings (SSSR count). The molecule has 1 heterocycles. The molecule has 1 saturated heterocycles. The third kappa shape index (κ3) is 4.37. The quantitative estimate of drug-likeness (QED) is 0.706. The molecule has 2 bridgehead atoms. The zero-order chi connectivity index (χ0) is 21.3. The summed E-state index contributed by atoms with van der Waals surface area (Å²) in [4.78, 5) is 17.1. The van der Waals surface area contributed by atoms with Crippen LogP contribution >= 0.6 is 0 Å². The molecule has 0 spiro atoms. The molecule has 164 valence electrons. The predicted molar refractivity (Wildman–Crippen MR) is 112 cm³/mol. The van der Waals surface area contributed by atoms with Crippen LogP contribution in [0.15, 0.2) is 29.8 Å². The molecule has 7 heteroatoms. The Balaban J connectivity index is 1.46. The second kappa shape index (κ2) is 8.63. The largest absolute Gasteiger partial charge is 0.379 e. The third-order valence-corrected chi connectivity index (χ3v) is 7.21. The number of fused-ring (bicyclic) bond motifs is 1. The minimum Gasteiger partial charge on any atom is -0.379 e. The van der Waals surface area contributed by atoms with Gasteiger partial charge in [0.25, 0.3) is 0 Å². The number of carbonyl (C=O) groups excluding carboxylic acids is 1. The van der Waals surface area contributed by atoms with E-state index in [0.29, 0.717) is 32.2 Å². The van der Waals surface area contributed by atoms with Gasteiger partial charge in [0, 0.05) is 38.8 Å². The van der Waals surface area contributed by atoms with Crippen molar-refractivity contribution >= 4 is 11.7 Å². The monoisotopic (exact) mass is 419 g/mol. The Morgan fingerprint density at radius 1 is 1.30 bits per heavy atom. The highest BCUT2D eigenvalue weighted by atomic mass is 19.1. The smallest absolute Gasteiger partial charge is 0.322 e. The van der Waals surface area contributed by atoms with Crippen LogP contribution < -0.4 is 5.32 Å². The first-order valence-corrected chi connectivity index (χ1v) is 10.8. The van der Waals surface area contributed by atoms with Crippen LogP contribution in [0.4, 0.5) is 19.3 Å². The van der Waals surface area contributed by atoms with Crippen molar-refractivity contribution in [3.05, 3.63) is 41.5 Å². The third-order valence-electron chi connectivity index (χ3n) is 7.21. The summed E-state index contributed by atoms with van der Waals surface area (Å²) < 4.78 is 32.7.